The molecule has 0 atom stereocenters. The highest BCUT2D eigenvalue weighted by Crippen LogP contribution is 2.21. The number of sulfone groups is 1. The van der Waals surface area contributed by atoms with E-state index >= 15 is 0 Å². The molecular weight excluding hydrogens is 306 g/mol. The summed E-state index contributed by atoms with van der Waals surface area (Å²) in [6.07, 6.45) is 1.92. The molecule has 1 aromatic rings. The molecule has 0 N–H and O–H groups in total. The van der Waals surface area contributed by atoms with Crippen LogP contribution < -0.4 is 4.74 Å². The molecule has 0 aliphatic rings. The normalized spacial score (nSPS) is 11.8. The lowest BCUT2D eigenvalue weighted by Gasteiger charge is -2.08. The zero-order chi connectivity index (χ0) is 15.4. The second-order valence-electron chi connectivity index (χ2n) is 3.92. The summed E-state index contributed by atoms with van der Waals surface area (Å²) in [6, 6.07) is 5.70. The number of benzene rings is 1. The van der Waals surface area contributed by atoms with Crippen LogP contribution in [0.15, 0.2) is 23.1 Å². The van der Waals surface area contributed by atoms with E-state index in [2.05, 4.69) is 4.18 Å². The van der Waals surface area contributed by atoms with Gasteiger partial charge in [0.25, 0.3) is 10.1 Å². The predicted molar refractivity (Wildman–Crippen MR) is 70.6 cm³/mol. The average Bonchev–Trinajstić information content (AvgIpc) is 2.32. The Morgan fingerprint density at radius 2 is 1.80 bits per heavy atom. The molecule has 0 spiro atoms. The first-order valence-corrected chi connectivity index (χ1v) is 9.05. The maximum Gasteiger partial charge on any atom is 0.264 e. The van der Waals surface area contributed by atoms with E-state index in [1.165, 1.54) is 18.2 Å². The highest BCUT2D eigenvalue weighted by atomic mass is 32.2. The van der Waals surface area contributed by atoms with Gasteiger partial charge in [-0.2, -0.15) is 13.7 Å². The van der Waals surface area contributed by atoms with E-state index in [-0.39, 0.29) is 29.4 Å². The number of hydrogen-bond donors (Lipinski definition) is 0. The van der Waals surface area contributed by atoms with Gasteiger partial charge in [-0.15, -0.1) is 0 Å². The molecule has 9 heteroatoms. The standard InChI is InChI=1S/C11H13NO6S2/c1-19(13,14)11-4-3-10(7-9(11)8-12)17-5-6-18-20(2,15)16/h3-4,7H,5-6H2,1-2H3. The number of nitriles is 1. The number of ether oxygens (including phenoxy) is 1. The number of hydrogen-bond acceptors (Lipinski definition) is 7. The molecule has 0 aliphatic heterocycles. The fourth-order valence-electron chi connectivity index (χ4n) is 1.35. The van der Waals surface area contributed by atoms with Crippen molar-refractivity contribution in [3.8, 4) is 11.8 Å². The summed E-state index contributed by atoms with van der Waals surface area (Å²) >= 11 is 0. The van der Waals surface area contributed by atoms with Crippen molar-refractivity contribution in [3.05, 3.63) is 23.8 Å². The summed E-state index contributed by atoms with van der Waals surface area (Å²) in [5.41, 5.74) is -0.0333. The summed E-state index contributed by atoms with van der Waals surface area (Å²) < 4.78 is 53.9. The summed E-state index contributed by atoms with van der Waals surface area (Å²) in [4.78, 5) is -0.0836. The minimum Gasteiger partial charge on any atom is -0.491 e. The van der Waals surface area contributed by atoms with Gasteiger partial charge in [0.1, 0.15) is 25.0 Å². The Morgan fingerprint density at radius 1 is 1.15 bits per heavy atom. The van der Waals surface area contributed by atoms with Gasteiger partial charge in [0.15, 0.2) is 9.84 Å². The molecule has 0 saturated heterocycles. The second kappa shape index (κ2) is 6.21. The topological polar surface area (TPSA) is 111 Å². The molecule has 0 fully saturated rings. The van der Waals surface area contributed by atoms with Crippen molar-refractivity contribution in [2.45, 2.75) is 4.90 Å². The van der Waals surface area contributed by atoms with Gasteiger partial charge in [-0.25, -0.2) is 8.42 Å². The lowest BCUT2D eigenvalue weighted by Crippen LogP contribution is -2.11. The van der Waals surface area contributed by atoms with Crippen LogP contribution in [0.2, 0.25) is 0 Å². The maximum atomic E-state index is 11.4. The van der Waals surface area contributed by atoms with E-state index < -0.39 is 20.0 Å². The fourth-order valence-corrected chi connectivity index (χ4v) is 2.54. The molecule has 0 aliphatic carbocycles. The molecule has 0 saturated carbocycles. The quantitative estimate of drug-likeness (QED) is 0.548. The van der Waals surface area contributed by atoms with Gasteiger partial charge < -0.3 is 4.74 Å². The Kier molecular flexibility index (Phi) is 5.10. The monoisotopic (exact) mass is 319 g/mol. The summed E-state index contributed by atoms with van der Waals surface area (Å²) in [5, 5.41) is 8.91. The van der Waals surface area contributed by atoms with E-state index in [4.69, 9.17) is 10.00 Å². The van der Waals surface area contributed by atoms with E-state index in [1.807, 2.05) is 0 Å². The predicted octanol–water partition coefficient (Wildman–Crippen LogP) is 0.317. The van der Waals surface area contributed by atoms with E-state index in [0.717, 1.165) is 12.5 Å². The molecule has 0 radical (unpaired) electrons. The van der Waals surface area contributed by atoms with E-state index in [9.17, 15) is 16.8 Å². The van der Waals surface area contributed by atoms with Crippen molar-refractivity contribution in [1.29, 1.82) is 5.26 Å². The van der Waals surface area contributed by atoms with Crippen molar-refractivity contribution in [2.24, 2.45) is 0 Å². The molecular formula is C11H13NO6S2. The van der Waals surface area contributed by atoms with Crippen LogP contribution in [0.5, 0.6) is 5.75 Å². The van der Waals surface area contributed by atoms with E-state index in [1.54, 1.807) is 6.07 Å². The third kappa shape index (κ3) is 5.16. The number of rotatable bonds is 6. The molecule has 20 heavy (non-hydrogen) atoms. The Labute approximate surface area is 117 Å². The zero-order valence-electron chi connectivity index (χ0n) is 10.9. The van der Waals surface area contributed by atoms with Crippen molar-refractivity contribution in [2.75, 3.05) is 25.7 Å². The van der Waals surface area contributed by atoms with Gasteiger partial charge in [-0.1, -0.05) is 0 Å². The zero-order valence-corrected chi connectivity index (χ0v) is 12.5. The molecule has 0 heterocycles. The smallest absolute Gasteiger partial charge is 0.264 e. The third-order valence-corrected chi connectivity index (χ3v) is 3.87. The van der Waals surface area contributed by atoms with Crippen molar-refractivity contribution < 1.29 is 25.8 Å². The Bertz CT molecular complexity index is 731. The summed E-state index contributed by atoms with van der Waals surface area (Å²) in [5.74, 6) is 0.256. The first kappa shape index (κ1) is 16.4. The largest absolute Gasteiger partial charge is 0.491 e. The van der Waals surface area contributed by atoms with Crippen LogP contribution in [-0.4, -0.2) is 42.6 Å². The Balaban J connectivity index is 2.78. The Morgan fingerprint density at radius 3 is 2.30 bits per heavy atom. The van der Waals surface area contributed by atoms with Crippen molar-refractivity contribution >= 4 is 20.0 Å². The summed E-state index contributed by atoms with van der Waals surface area (Å²) in [7, 11) is -7.02. The molecule has 110 valence electrons. The lowest BCUT2D eigenvalue weighted by atomic mass is 10.2. The molecule has 1 aromatic carbocycles. The van der Waals surface area contributed by atoms with Crippen LogP contribution in [0.3, 0.4) is 0 Å². The maximum absolute atomic E-state index is 11.4. The molecule has 0 amide bonds. The van der Waals surface area contributed by atoms with Gasteiger partial charge >= 0.3 is 0 Å². The van der Waals surface area contributed by atoms with Crippen LogP contribution in [0.25, 0.3) is 0 Å². The molecule has 0 aromatic heterocycles. The third-order valence-electron chi connectivity index (χ3n) is 2.12. The highest BCUT2D eigenvalue weighted by Gasteiger charge is 2.14. The van der Waals surface area contributed by atoms with Gasteiger partial charge in [0.05, 0.1) is 16.7 Å². The first-order valence-electron chi connectivity index (χ1n) is 5.35. The first-order chi connectivity index (χ1) is 9.13. The van der Waals surface area contributed by atoms with Crippen LogP contribution in [0, 0.1) is 11.3 Å². The second-order valence-corrected chi connectivity index (χ2v) is 7.54. The minimum absolute atomic E-state index is 0.0333. The van der Waals surface area contributed by atoms with Crippen LogP contribution in [0.4, 0.5) is 0 Å². The van der Waals surface area contributed by atoms with Crippen LogP contribution in [0.1, 0.15) is 5.56 Å². The molecule has 7 nitrogen and oxygen atoms in total. The molecule has 0 bridgehead atoms. The number of nitrogens with zero attached hydrogens (tertiary/aromatic N) is 1. The summed E-state index contributed by atoms with van der Waals surface area (Å²) in [6.45, 7) is -0.218. The van der Waals surface area contributed by atoms with Gasteiger partial charge in [0.2, 0.25) is 0 Å². The van der Waals surface area contributed by atoms with Crippen LogP contribution in [-0.2, 0) is 24.1 Å². The SMILES string of the molecule is CS(=O)(=O)OCCOc1ccc(S(C)(=O)=O)c(C#N)c1. The van der Waals surface area contributed by atoms with Crippen molar-refractivity contribution in [3.63, 3.8) is 0 Å². The fraction of sp³-hybridized carbons (Fsp3) is 0.364. The van der Waals surface area contributed by atoms with E-state index in [0.29, 0.717) is 0 Å². The Hall–Kier alpha value is -1.63. The van der Waals surface area contributed by atoms with Crippen molar-refractivity contribution in [1.82, 2.24) is 0 Å². The molecule has 1 rings (SSSR count). The van der Waals surface area contributed by atoms with Crippen LogP contribution >= 0.6 is 0 Å². The average molecular weight is 319 g/mol. The van der Waals surface area contributed by atoms with Gasteiger partial charge in [-0.05, 0) is 18.2 Å². The minimum atomic E-state index is -3.53. The highest BCUT2D eigenvalue weighted by molar-refractivity contribution is 7.90. The lowest BCUT2D eigenvalue weighted by molar-refractivity contribution is 0.222. The molecule has 0 unspecified atom stereocenters. The van der Waals surface area contributed by atoms with Gasteiger partial charge in [-0.3, -0.25) is 4.18 Å². The van der Waals surface area contributed by atoms with Gasteiger partial charge in [0, 0.05) is 6.26 Å².